The van der Waals surface area contributed by atoms with E-state index in [1.54, 1.807) is 16.0 Å². The summed E-state index contributed by atoms with van der Waals surface area (Å²) in [4.78, 5) is 26.6. The molecular weight excluding hydrogens is 530 g/mol. The van der Waals surface area contributed by atoms with Gasteiger partial charge in [-0.1, -0.05) is 50.6 Å². The van der Waals surface area contributed by atoms with Crippen molar-refractivity contribution in [2.45, 2.75) is 58.3 Å². The van der Waals surface area contributed by atoms with Crippen LogP contribution in [0.3, 0.4) is 0 Å². The number of urea groups is 1. The zero-order valence-corrected chi connectivity index (χ0v) is 25.1. The van der Waals surface area contributed by atoms with Crippen molar-refractivity contribution in [3.8, 4) is 5.69 Å². The molecule has 0 bridgehead atoms. The Kier molecular flexibility index (Phi) is 8.71. The van der Waals surface area contributed by atoms with Crippen molar-refractivity contribution in [3.63, 3.8) is 0 Å². The number of carbonyl (C=O) groups excluding carboxylic acids is 2. The zero-order valence-electron chi connectivity index (χ0n) is 24.2. The predicted octanol–water partition coefficient (Wildman–Crippen LogP) is 7.08. The lowest BCUT2D eigenvalue weighted by molar-refractivity contribution is -0.121. The SMILES string of the molecule is Cc1ccc(-n2nc(C(C)(C)C)cc2NC(=O)Nc2ccc(C(C(=O)Cc3ccsc3)C3CCNCC3)cc2)cc1. The van der Waals surface area contributed by atoms with Crippen LogP contribution in [0.2, 0.25) is 0 Å². The van der Waals surface area contributed by atoms with E-state index in [2.05, 4.69) is 42.1 Å². The number of rotatable bonds is 8. The fraction of sp³-hybridized carbons (Fsp3) is 0.364. The highest BCUT2D eigenvalue weighted by molar-refractivity contribution is 7.08. The fourth-order valence-corrected chi connectivity index (χ4v) is 6.04. The lowest BCUT2D eigenvalue weighted by Crippen LogP contribution is -2.34. The van der Waals surface area contributed by atoms with Crippen molar-refractivity contribution < 1.29 is 9.59 Å². The number of aromatic nitrogens is 2. The van der Waals surface area contributed by atoms with Gasteiger partial charge >= 0.3 is 6.03 Å². The van der Waals surface area contributed by atoms with Gasteiger partial charge in [-0.15, -0.1) is 0 Å². The van der Waals surface area contributed by atoms with Gasteiger partial charge in [0.15, 0.2) is 0 Å². The van der Waals surface area contributed by atoms with E-state index in [9.17, 15) is 9.59 Å². The average molecular weight is 570 g/mol. The number of anilines is 2. The maximum Gasteiger partial charge on any atom is 0.324 e. The molecular formula is C33H39N5O2S. The van der Waals surface area contributed by atoms with Crippen LogP contribution in [0.5, 0.6) is 0 Å². The Bertz CT molecular complexity index is 1460. The fourth-order valence-electron chi connectivity index (χ4n) is 5.37. The van der Waals surface area contributed by atoms with E-state index < -0.39 is 0 Å². The summed E-state index contributed by atoms with van der Waals surface area (Å²) in [7, 11) is 0. The van der Waals surface area contributed by atoms with E-state index in [4.69, 9.17) is 5.10 Å². The van der Waals surface area contributed by atoms with Gasteiger partial charge in [0.25, 0.3) is 0 Å². The molecule has 0 spiro atoms. The van der Waals surface area contributed by atoms with Crippen LogP contribution in [-0.4, -0.2) is 34.7 Å². The number of Topliss-reactive ketones (excluding diaryl/α,β-unsaturated/α-hetero) is 1. The molecule has 214 valence electrons. The summed E-state index contributed by atoms with van der Waals surface area (Å²) in [5.74, 6) is 1.01. The molecule has 3 heterocycles. The Morgan fingerprint density at radius 3 is 2.37 bits per heavy atom. The van der Waals surface area contributed by atoms with E-state index in [0.717, 1.165) is 54.0 Å². The maximum absolute atomic E-state index is 13.5. The van der Waals surface area contributed by atoms with Gasteiger partial charge in [-0.05, 0) is 91.0 Å². The second-order valence-electron chi connectivity index (χ2n) is 12.0. The van der Waals surface area contributed by atoms with Crippen molar-refractivity contribution in [3.05, 3.63) is 93.8 Å². The standard InChI is InChI=1S/C33H39N5O2S/c1-22-5-11-27(12-6-22)38-30(20-29(37-38)33(2,3)4)36-32(40)35-26-9-7-24(8-10-26)31(25-13-16-34-17-14-25)28(39)19-23-15-18-41-21-23/h5-12,15,18,20-21,25,31,34H,13-14,16-17,19H2,1-4H3,(H2,35,36,40). The molecule has 7 nitrogen and oxygen atoms in total. The summed E-state index contributed by atoms with van der Waals surface area (Å²) in [5, 5.41) is 18.2. The van der Waals surface area contributed by atoms with E-state index in [0.29, 0.717) is 23.8 Å². The number of piperidine rings is 1. The first-order valence-electron chi connectivity index (χ1n) is 14.3. The molecule has 0 aliphatic carbocycles. The largest absolute Gasteiger partial charge is 0.324 e. The zero-order chi connectivity index (χ0) is 29.0. The number of hydrogen-bond donors (Lipinski definition) is 3. The third-order valence-corrected chi connectivity index (χ3v) is 8.42. The van der Waals surface area contributed by atoms with Crippen LogP contribution in [0.15, 0.2) is 71.4 Å². The number of amides is 2. The Morgan fingerprint density at radius 1 is 1.02 bits per heavy atom. The molecule has 3 N–H and O–H groups in total. The molecule has 1 fully saturated rings. The predicted molar refractivity (Wildman–Crippen MR) is 167 cm³/mol. The van der Waals surface area contributed by atoms with Gasteiger partial charge < -0.3 is 10.6 Å². The molecule has 0 radical (unpaired) electrons. The number of thiophene rings is 1. The Morgan fingerprint density at radius 2 is 1.73 bits per heavy atom. The molecule has 1 aliphatic rings. The highest BCUT2D eigenvalue weighted by Gasteiger charge is 2.31. The average Bonchev–Trinajstić information content (AvgIpc) is 3.61. The van der Waals surface area contributed by atoms with E-state index in [1.165, 1.54) is 0 Å². The highest BCUT2D eigenvalue weighted by atomic mass is 32.1. The van der Waals surface area contributed by atoms with Gasteiger partial charge in [0.1, 0.15) is 11.6 Å². The molecule has 8 heteroatoms. The molecule has 2 amide bonds. The summed E-state index contributed by atoms with van der Waals surface area (Å²) in [6.07, 6.45) is 2.41. The number of nitrogens with zero attached hydrogens (tertiary/aromatic N) is 2. The minimum Gasteiger partial charge on any atom is -0.317 e. The first kappa shape index (κ1) is 28.8. The first-order chi connectivity index (χ1) is 19.7. The van der Waals surface area contributed by atoms with Crippen LogP contribution in [0.1, 0.15) is 61.9 Å². The summed E-state index contributed by atoms with van der Waals surface area (Å²) < 4.78 is 1.77. The molecule has 5 rings (SSSR count). The molecule has 2 aromatic heterocycles. The minimum atomic E-state index is -0.352. The van der Waals surface area contributed by atoms with Crippen LogP contribution in [-0.2, 0) is 16.6 Å². The van der Waals surface area contributed by atoms with Crippen LogP contribution >= 0.6 is 11.3 Å². The van der Waals surface area contributed by atoms with Crippen molar-refractivity contribution in [2.75, 3.05) is 23.7 Å². The number of hydrogen-bond acceptors (Lipinski definition) is 5. The van der Waals surface area contributed by atoms with Gasteiger partial charge in [-0.3, -0.25) is 10.1 Å². The number of nitrogens with one attached hydrogen (secondary N) is 3. The van der Waals surface area contributed by atoms with Crippen LogP contribution < -0.4 is 16.0 Å². The van der Waals surface area contributed by atoms with Crippen molar-refractivity contribution in [1.82, 2.24) is 15.1 Å². The number of aryl methyl sites for hydroxylation is 1. The molecule has 0 saturated carbocycles. The lowest BCUT2D eigenvalue weighted by Gasteiger charge is -2.30. The normalized spacial score (nSPS) is 14.9. The Balaban J connectivity index is 1.32. The van der Waals surface area contributed by atoms with Gasteiger partial charge in [-0.25, -0.2) is 9.48 Å². The molecule has 4 aromatic rings. The van der Waals surface area contributed by atoms with Crippen molar-refractivity contribution in [2.24, 2.45) is 5.92 Å². The van der Waals surface area contributed by atoms with Crippen molar-refractivity contribution in [1.29, 1.82) is 0 Å². The van der Waals surface area contributed by atoms with Crippen LogP contribution in [0.25, 0.3) is 5.69 Å². The molecule has 1 saturated heterocycles. The smallest absolute Gasteiger partial charge is 0.317 e. The summed E-state index contributed by atoms with van der Waals surface area (Å²) >= 11 is 1.62. The lowest BCUT2D eigenvalue weighted by atomic mass is 9.76. The van der Waals surface area contributed by atoms with Crippen molar-refractivity contribution >= 4 is 34.7 Å². The highest BCUT2D eigenvalue weighted by Crippen LogP contribution is 2.34. The Hall–Kier alpha value is -3.75. The van der Waals surface area contributed by atoms with E-state index in [-0.39, 0.29) is 23.1 Å². The first-order valence-corrected chi connectivity index (χ1v) is 15.2. The van der Waals surface area contributed by atoms with Gasteiger partial charge in [-0.2, -0.15) is 16.4 Å². The topological polar surface area (TPSA) is 88.1 Å². The van der Waals surface area contributed by atoms with E-state index >= 15 is 0 Å². The molecule has 2 aromatic carbocycles. The number of ketones is 1. The second kappa shape index (κ2) is 12.4. The summed E-state index contributed by atoms with van der Waals surface area (Å²) in [6, 6.07) is 19.4. The van der Waals surface area contributed by atoms with Gasteiger partial charge in [0.2, 0.25) is 0 Å². The summed E-state index contributed by atoms with van der Waals surface area (Å²) in [5.41, 5.74) is 5.49. The number of benzene rings is 2. The third kappa shape index (κ3) is 7.13. The third-order valence-electron chi connectivity index (χ3n) is 7.69. The maximum atomic E-state index is 13.5. The van der Waals surface area contributed by atoms with Gasteiger partial charge in [0, 0.05) is 29.5 Å². The van der Waals surface area contributed by atoms with Crippen LogP contribution in [0.4, 0.5) is 16.3 Å². The number of carbonyl (C=O) groups is 2. The molecule has 1 aliphatic heterocycles. The van der Waals surface area contributed by atoms with E-state index in [1.807, 2.05) is 73.0 Å². The van der Waals surface area contributed by atoms with Gasteiger partial charge in [0.05, 0.1) is 11.4 Å². The molecule has 1 atom stereocenters. The molecule has 1 unspecified atom stereocenters. The summed E-state index contributed by atoms with van der Waals surface area (Å²) in [6.45, 7) is 10.2. The Labute approximate surface area is 246 Å². The molecule has 41 heavy (non-hydrogen) atoms. The minimum absolute atomic E-state index is 0.153. The quantitative estimate of drug-likeness (QED) is 0.212. The second-order valence-corrected chi connectivity index (χ2v) is 12.7. The van der Waals surface area contributed by atoms with Crippen LogP contribution in [0, 0.1) is 12.8 Å². The monoisotopic (exact) mass is 569 g/mol.